The molecule has 5 aromatic rings. The van der Waals surface area contributed by atoms with Gasteiger partial charge in [-0.3, -0.25) is 4.98 Å². The lowest BCUT2D eigenvalue weighted by Crippen LogP contribution is -2.31. The van der Waals surface area contributed by atoms with Crippen molar-refractivity contribution in [1.29, 1.82) is 0 Å². The van der Waals surface area contributed by atoms with Crippen molar-refractivity contribution < 1.29 is 23.8 Å². The van der Waals surface area contributed by atoms with Crippen molar-refractivity contribution in [2.75, 3.05) is 6.61 Å². The van der Waals surface area contributed by atoms with E-state index in [1.807, 2.05) is 28.8 Å². The largest absolute Gasteiger partial charge is 0.478 e. The lowest BCUT2D eigenvalue weighted by molar-refractivity contribution is -0.0589. The van der Waals surface area contributed by atoms with Gasteiger partial charge in [-0.2, -0.15) is 0 Å². The molecule has 3 aromatic heterocycles. The molecule has 6 rings (SSSR count). The predicted molar refractivity (Wildman–Crippen MR) is 147 cm³/mol. The van der Waals surface area contributed by atoms with Gasteiger partial charge >= 0.3 is 5.97 Å². The number of hydrogen-bond acceptors (Lipinski definition) is 6. The number of nitrogens with zero attached hydrogens (tertiary/aromatic N) is 4. The van der Waals surface area contributed by atoms with Crippen LogP contribution in [0.5, 0.6) is 5.88 Å². The van der Waals surface area contributed by atoms with Crippen molar-refractivity contribution in [3.63, 3.8) is 0 Å². The molecule has 2 aromatic carbocycles. The van der Waals surface area contributed by atoms with E-state index in [1.54, 1.807) is 42.6 Å². The Morgan fingerprint density at radius 2 is 1.98 bits per heavy atom. The number of aromatic nitrogens is 4. The molecule has 10 heteroatoms. The number of pyridine rings is 2. The van der Waals surface area contributed by atoms with E-state index in [0.29, 0.717) is 40.8 Å². The summed E-state index contributed by atoms with van der Waals surface area (Å²) in [7, 11) is 0. The van der Waals surface area contributed by atoms with E-state index in [9.17, 15) is 14.3 Å². The van der Waals surface area contributed by atoms with Crippen molar-refractivity contribution in [2.24, 2.45) is 0 Å². The predicted octanol–water partition coefficient (Wildman–Crippen LogP) is 5.94. The van der Waals surface area contributed by atoms with Gasteiger partial charge in [0, 0.05) is 35.9 Å². The summed E-state index contributed by atoms with van der Waals surface area (Å²) in [6, 6.07) is 18.6. The molecule has 4 heterocycles. The summed E-state index contributed by atoms with van der Waals surface area (Å²) in [6.07, 6.45) is 3.33. The third-order valence-electron chi connectivity index (χ3n) is 6.82. The number of hydrogen-bond donors (Lipinski definition) is 1. The molecule has 0 bridgehead atoms. The van der Waals surface area contributed by atoms with E-state index in [4.69, 9.17) is 26.1 Å². The van der Waals surface area contributed by atoms with E-state index in [-0.39, 0.29) is 18.3 Å². The molecule has 8 nitrogen and oxygen atoms in total. The van der Waals surface area contributed by atoms with Crippen molar-refractivity contribution in [2.45, 2.75) is 32.1 Å². The maximum Gasteiger partial charge on any atom is 0.335 e. The first kappa shape index (κ1) is 25.9. The first-order valence-corrected chi connectivity index (χ1v) is 13.1. The molecule has 202 valence electrons. The summed E-state index contributed by atoms with van der Waals surface area (Å²) >= 11 is 5.82. The fourth-order valence-electron chi connectivity index (χ4n) is 4.57. The van der Waals surface area contributed by atoms with Crippen LogP contribution in [0.2, 0.25) is 5.02 Å². The number of halogens is 2. The smallest absolute Gasteiger partial charge is 0.335 e. The molecule has 0 amide bonds. The van der Waals surface area contributed by atoms with Gasteiger partial charge in [-0.1, -0.05) is 29.8 Å². The molecular weight excluding hydrogens is 535 g/mol. The van der Waals surface area contributed by atoms with E-state index in [1.165, 1.54) is 6.07 Å². The number of carboxylic acid groups (broad SMARTS) is 1. The highest BCUT2D eigenvalue weighted by molar-refractivity contribution is 6.30. The number of carboxylic acids is 1. The van der Waals surface area contributed by atoms with Crippen molar-refractivity contribution >= 4 is 28.6 Å². The Kier molecular flexibility index (Phi) is 7.15. The van der Waals surface area contributed by atoms with Crippen molar-refractivity contribution in [3.8, 4) is 17.3 Å². The second-order valence-corrected chi connectivity index (χ2v) is 9.98. The summed E-state index contributed by atoms with van der Waals surface area (Å²) in [4.78, 5) is 25.5. The number of ether oxygens (including phenoxy) is 2. The van der Waals surface area contributed by atoms with E-state index in [2.05, 4.69) is 9.97 Å². The van der Waals surface area contributed by atoms with Crippen LogP contribution in [0.3, 0.4) is 0 Å². The van der Waals surface area contributed by atoms with Gasteiger partial charge in [0.25, 0.3) is 0 Å². The molecule has 0 aliphatic carbocycles. The third kappa shape index (κ3) is 5.52. The average Bonchev–Trinajstić information content (AvgIpc) is 3.26. The quantitative estimate of drug-likeness (QED) is 0.239. The zero-order valence-corrected chi connectivity index (χ0v) is 22.0. The van der Waals surface area contributed by atoms with Gasteiger partial charge in [0.05, 0.1) is 40.6 Å². The van der Waals surface area contributed by atoms with Crippen LogP contribution >= 0.6 is 11.6 Å². The number of fused-ring (bicyclic) bond motifs is 1. The van der Waals surface area contributed by atoms with Crippen LogP contribution in [-0.4, -0.2) is 43.3 Å². The highest BCUT2D eigenvalue weighted by atomic mass is 35.5. The molecular formula is C30H24ClFN4O4. The van der Waals surface area contributed by atoms with Crippen LogP contribution in [0.4, 0.5) is 4.39 Å². The highest BCUT2D eigenvalue weighted by Crippen LogP contribution is 2.25. The Morgan fingerprint density at radius 1 is 1.10 bits per heavy atom. The van der Waals surface area contributed by atoms with Gasteiger partial charge < -0.3 is 19.1 Å². The number of aromatic carboxylic acids is 1. The normalized spacial score (nSPS) is 14.7. The molecule has 0 radical (unpaired) electrons. The van der Waals surface area contributed by atoms with Gasteiger partial charge in [0.1, 0.15) is 18.2 Å². The number of carbonyl (C=O) groups is 1. The Labute approximate surface area is 234 Å². The summed E-state index contributed by atoms with van der Waals surface area (Å²) in [5, 5.41) is 9.79. The first-order valence-electron chi connectivity index (χ1n) is 12.8. The van der Waals surface area contributed by atoms with Crippen LogP contribution in [0.15, 0.2) is 72.9 Å². The summed E-state index contributed by atoms with van der Waals surface area (Å²) in [5.74, 6) is -0.246. The van der Waals surface area contributed by atoms with Gasteiger partial charge in [-0.25, -0.2) is 19.2 Å². The molecule has 0 spiro atoms. The fraction of sp³-hybridized carbons (Fsp3) is 0.200. The van der Waals surface area contributed by atoms with Crippen molar-refractivity contribution in [3.05, 3.63) is 106 Å². The van der Waals surface area contributed by atoms with Crippen LogP contribution in [0.25, 0.3) is 22.4 Å². The van der Waals surface area contributed by atoms with Crippen molar-refractivity contribution in [1.82, 2.24) is 19.5 Å². The lowest BCUT2D eigenvalue weighted by Gasteiger charge is -2.27. The van der Waals surface area contributed by atoms with Crippen LogP contribution in [0.1, 0.15) is 33.7 Å². The molecule has 40 heavy (non-hydrogen) atoms. The van der Waals surface area contributed by atoms with Crippen LogP contribution in [0, 0.1) is 5.82 Å². The minimum atomic E-state index is -0.976. The van der Waals surface area contributed by atoms with Gasteiger partial charge in [0.2, 0.25) is 5.88 Å². The number of imidazole rings is 1. The Balaban J connectivity index is 1.20. The van der Waals surface area contributed by atoms with Gasteiger partial charge in [0.15, 0.2) is 0 Å². The topological polar surface area (TPSA) is 99.4 Å². The highest BCUT2D eigenvalue weighted by Gasteiger charge is 2.22. The summed E-state index contributed by atoms with van der Waals surface area (Å²) in [5.41, 5.74) is 4.34. The second kappa shape index (κ2) is 11.0. The minimum absolute atomic E-state index is 0.0205. The first-order chi connectivity index (χ1) is 19.4. The third-order valence-corrected chi connectivity index (χ3v) is 7.05. The molecule has 1 atom stereocenters. The zero-order valence-electron chi connectivity index (χ0n) is 21.3. The molecule has 0 saturated carbocycles. The van der Waals surface area contributed by atoms with Gasteiger partial charge in [-0.15, -0.1) is 0 Å². The second-order valence-electron chi connectivity index (χ2n) is 9.54. The maximum absolute atomic E-state index is 14.1. The van der Waals surface area contributed by atoms with Crippen LogP contribution in [-0.2, 0) is 24.3 Å². The monoisotopic (exact) mass is 558 g/mol. The Bertz CT molecular complexity index is 1700. The lowest BCUT2D eigenvalue weighted by atomic mass is 10.1. The fourth-order valence-corrected chi connectivity index (χ4v) is 4.73. The SMILES string of the molecule is O=C(O)c1ccc2nc(Cc3ccc(-c4cccc(OCc5ccc(Cl)cc5F)n4)nc3)n(C[C@@H]3CCO3)c2c1. The van der Waals surface area contributed by atoms with E-state index >= 15 is 0 Å². The molecule has 1 fully saturated rings. The average molecular weight is 559 g/mol. The number of rotatable bonds is 9. The summed E-state index contributed by atoms with van der Waals surface area (Å²) < 4.78 is 27.5. The molecule has 1 aliphatic heterocycles. The molecule has 1 aliphatic rings. The van der Waals surface area contributed by atoms with E-state index in [0.717, 1.165) is 35.4 Å². The summed E-state index contributed by atoms with van der Waals surface area (Å²) in [6.45, 7) is 1.36. The minimum Gasteiger partial charge on any atom is -0.478 e. The standard InChI is InChI=1S/C30H24ClFN4O4/c31-21-7-5-20(23(32)14-21)17-40-29-3-1-2-25(35-29)24-8-4-18(15-33-24)12-28-34-26-9-6-19(30(37)38)13-27(26)36(28)16-22-10-11-39-22/h1-9,13-15,22H,10-12,16-17H2,(H,37,38)/t22-/m0/s1. The Morgan fingerprint density at radius 3 is 2.70 bits per heavy atom. The van der Waals surface area contributed by atoms with Crippen LogP contribution < -0.4 is 4.74 Å². The molecule has 1 N–H and O–H groups in total. The van der Waals surface area contributed by atoms with E-state index < -0.39 is 11.8 Å². The Hall–Kier alpha value is -4.34. The molecule has 0 unspecified atom stereocenters. The zero-order chi connectivity index (χ0) is 27.6. The molecule has 1 saturated heterocycles. The number of benzene rings is 2. The maximum atomic E-state index is 14.1. The van der Waals surface area contributed by atoms with Gasteiger partial charge in [-0.05, 0) is 54.4 Å².